The summed E-state index contributed by atoms with van der Waals surface area (Å²) in [4.78, 5) is 20.2. The molecule has 0 aromatic carbocycles. The lowest BCUT2D eigenvalue weighted by Gasteiger charge is -2.23. The molecule has 1 saturated carbocycles. The van der Waals surface area contributed by atoms with Crippen LogP contribution in [0.1, 0.15) is 44.7 Å². The van der Waals surface area contributed by atoms with Gasteiger partial charge in [-0.2, -0.15) is 0 Å². The minimum Gasteiger partial charge on any atom is -0.376 e. The molecule has 162 valence electrons. The molecule has 9 heteroatoms. The maximum atomic E-state index is 13.0. The van der Waals surface area contributed by atoms with Crippen molar-refractivity contribution in [3.8, 4) is 0 Å². The molecule has 29 heavy (non-hydrogen) atoms. The second-order valence-electron chi connectivity index (χ2n) is 8.64. The molecule has 0 bridgehead atoms. The van der Waals surface area contributed by atoms with Crippen molar-refractivity contribution in [1.82, 2.24) is 19.4 Å². The highest BCUT2D eigenvalue weighted by molar-refractivity contribution is 7.91. The minimum atomic E-state index is -3.39. The van der Waals surface area contributed by atoms with E-state index in [4.69, 9.17) is 4.74 Å². The number of aromatic nitrogens is 2. The molecule has 0 spiro atoms. The Kier molecular flexibility index (Phi) is 6.27. The molecule has 0 N–H and O–H groups in total. The summed E-state index contributed by atoms with van der Waals surface area (Å²) in [5, 5.41) is 0.204. The van der Waals surface area contributed by atoms with E-state index < -0.39 is 9.84 Å². The molecule has 2 saturated heterocycles. The first-order chi connectivity index (χ1) is 13.9. The van der Waals surface area contributed by atoms with Crippen LogP contribution >= 0.6 is 0 Å². The zero-order valence-electron chi connectivity index (χ0n) is 17.3. The van der Waals surface area contributed by atoms with Crippen LogP contribution in [0.4, 0.5) is 0 Å². The Morgan fingerprint density at radius 1 is 1.17 bits per heavy atom. The minimum absolute atomic E-state index is 0.0511. The van der Waals surface area contributed by atoms with Crippen LogP contribution in [0, 0.1) is 5.92 Å². The number of amides is 1. The number of imidazole rings is 1. The predicted molar refractivity (Wildman–Crippen MR) is 108 cm³/mol. The monoisotopic (exact) mass is 424 g/mol. The van der Waals surface area contributed by atoms with Gasteiger partial charge in [0.05, 0.1) is 30.3 Å². The molecule has 4 rings (SSSR count). The lowest BCUT2D eigenvalue weighted by molar-refractivity contribution is -0.128. The molecule has 3 aliphatic rings. The number of hydrogen-bond acceptors (Lipinski definition) is 6. The van der Waals surface area contributed by atoms with Gasteiger partial charge in [-0.1, -0.05) is 0 Å². The summed E-state index contributed by atoms with van der Waals surface area (Å²) >= 11 is 0. The molecule has 0 unspecified atom stereocenters. The smallest absolute Gasteiger partial charge is 0.227 e. The van der Waals surface area contributed by atoms with Crippen molar-refractivity contribution in [3.05, 3.63) is 11.9 Å². The Morgan fingerprint density at radius 3 is 2.69 bits per heavy atom. The van der Waals surface area contributed by atoms with Crippen molar-refractivity contribution < 1.29 is 17.9 Å². The SMILES string of the molecule is CC(=O)N1CCCN(Cc2cnc(S(=O)(=O)CC3CC3)n2C[C@@H]2CCCO2)CC1. The molecule has 1 aromatic rings. The summed E-state index contributed by atoms with van der Waals surface area (Å²) in [6.07, 6.45) is 6.67. The van der Waals surface area contributed by atoms with Gasteiger partial charge in [-0.05, 0) is 38.0 Å². The van der Waals surface area contributed by atoms with E-state index in [1.165, 1.54) is 0 Å². The van der Waals surface area contributed by atoms with Crippen molar-refractivity contribution in [2.75, 3.05) is 38.5 Å². The van der Waals surface area contributed by atoms with E-state index in [1.807, 2.05) is 9.47 Å². The third kappa shape index (κ3) is 5.19. The van der Waals surface area contributed by atoms with Crippen LogP contribution in [0.25, 0.3) is 0 Å². The fourth-order valence-electron chi connectivity index (χ4n) is 4.30. The lowest BCUT2D eigenvalue weighted by Crippen LogP contribution is -2.34. The van der Waals surface area contributed by atoms with Crippen molar-refractivity contribution in [2.45, 2.75) is 63.4 Å². The normalized spacial score (nSPS) is 24.0. The van der Waals surface area contributed by atoms with E-state index in [1.54, 1.807) is 13.1 Å². The number of nitrogens with zero attached hydrogens (tertiary/aromatic N) is 4. The highest BCUT2D eigenvalue weighted by Gasteiger charge is 2.33. The van der Waals surface area contributed by atoms with Gasteiger partial charge < -0.3 is 14.2 Å². The molecule has 1 aromatic heterocycles. The summed E-state index contributed by atoms with van der Waals surface area (Å²) in [6, 6.07) is 0. The van der Waals surface area contributed by atoms with E-state index in [0.29, 0.717) is 25.6 Å². The zero-order valence-corrected chi connectivity index (χ0v) is 18.1. The number of hydrogen-bond donors (Lipinski definition) is 0. The van der Waals surface area contributed by atoms with E-state index in [9.17, 15) is 13.2 Å². The van der Waals surface area contributed by atoms with E-state index in [-0.39, 0.29) is 22.9 Å². The summed E-state index contributed by atoms with van der Waals surface area (Å²) in [5.41, 5.74) is 0.922. The predicted octanol–water partition coefficient (Wildman–Crippen LogP) is 1.30. The Balaban J connectivity index is 1.53. The lowest BCUT2D eigenvalue weighted by atomic mass is 10.2. The van der Waals surface area contributed by atoms with Crippen LogP contribution < -0.4 is 0 Å². The molecule has 3 heterocycles. The molecule has 8 nitrogen and oxygen atoms in total. The van der Waals surface area contributed by atoms with Crippen LogP contribution in [0.2, 0.25) is 0 Å². The van der Waals surface area contributed by atoms with Crippen molar-refractivity contribution in [1.29, 1.82) is 0 Å². The summed E-state index contributed by atoms with van der Waals surface area (Å²) in [6.45, 7) is 6.71. The van der Waals surface area contributed by atoms with Crippen LogP contribution in [-0.2, 0) is 32.5 Å². The second kappa shape index (κ2) is 8.73. The fourth-order valence-corrected chi connectivity index (χ4v) is 6.14. The number of carbonyl (C=O) groups excluding carboxylic acids is 1. The topological polar surface area (TPSA) is 84.7 Å². The number of rotatable bonds is 7. The highest BCUT2D eigenvalue weighted by atomic mass is 32.2. The Labute approximate surface area is 173 Å². The first-order valence-corrected chi connectivity index (χ1v) is 12.4. The molecule has 1 aliphatic carbocycles. The van der Waals surface area contributed by atoms with Gasteiger partial charge in [0.2, 0.25) is 20.9 Å². The van der Waals surface area contributed by atoms with Gasteiger partial charge >= 0.3 is 0 Å². The Hall–Kier alpha value is -1.45. The molecule has 3 fully saturated rings. The van der Waals surface area contributed by atoms with E-state index in [2.05, 4.69) is 9.88 Å². The van der Waals surface area contributed by atoms with Crippen molar-refractivity contribution in [3.63, 3.8) is 0 Å². The molecule has 1 atom stereocenters. The van der Waals surface area contributed by atoms with Gasteiger partial charge in [0, 0.05) is 46.3 Å². The molecule has 0 radical (unpaired) electrons. The standard InChI is InChI=1S/C20H32N4O4S/c1-16(25)23-8-3-7-22(9-10-23)13-18-12-21-20(29(26,27)15-17-5-6-17)24(18)14-19-4-2-11-28-19/h12,17,19H,2-11,13-15H2,1H3/t19-/m0/s1. The Morgan fingerprint density at radius 2 is 2.00 bits per heavy atom. The van der Waals surface area contributed by atoms with Crippen LogP contribution in [0.3, 0.4) is 0 Å². The molecular weight excluding hydrogens is 392 g/mol. The van der Waals surface area contributed by atoms with Crippen molar-refractivity contribution >= 4 is 15.7 Å². The average molecular weight is 425 g/mol. The van der Waals surface area contributed by atoms with Crippen LogP contribution in [-0.4, -0.2) is 78.3 Å². The summed E-state index contributed by atoms with van der Waals surface area (Å²) < 4.78 is 33.6. The van der Waals surface area contributed by atoms with Gasteiger partial charge in [0.1, 0.15) is 0 Å². The average Bonchev–Trinajstić information content (AvgIpc) is 3.23. The zero-order chi connectivity index (χ0) is 20.4. The first-order valence-electron chi connectivity index (χ1n) is 10.8. The maximum Gasteiger partial charge on any atom is 0.227 e. The summed E-state index contributed by atoms with van der Waals surface area (Å²) in [7, 11) is -3.39. The van der Waals surface area contributed by atoms with Gasteiger partial charge in [0.15, 0.2) is 0 Å². The largest absolute Gasteiger partial charge is 0.376 e. The van der Waals surface area contributed by atoms with Gasteiger partial charge in [-0.15, -0.1) is 0 Å². The first kappa shape index (κ1) is 20.8. The number of sulfone groups is 1. The van der Waals surface area contributed by atoms with Crippen LogP contribution in [0.15, 0.2) is 11.4 Å². The fraction of sp³-hybridized carbons (Fsp3) is 0.800. The van der Waals surface area contributed by atoms with Gasteiger partial charge in [-0.25, -0.2) is 13.4 Å². The quantitative estimate of drug-likeness (QED) is 0.656. The van der Waals surface area contributed by atoms with E-state index >= 15 is 0 Å². The maximum absolute atomic E-state index is 13.0. The number of carbonyl (C=O) groups is 1. The number of ether oxygens (including phenoxy) is 1. The molecular formula is C20H32N4O4S. The third-order valence-corrected chi connectivity index (χ3v) is 7.95. The van der Waals surface area contributed by atoms with Crippen molar-refractivity contribution in [2.24, 2.45) is 5.92 Å². The Bertz CT molecular complexity index is 828. The van der Waals surface area contributed by atoms with Gasteiger partial charge in [-0.3, -0.25) is 9.69 Å². The highest BCUT2D eigenvalue weighted by Crippen LogP contribution is 2.32. The van der Waals surface area contributed by atoms with Crippen LogP contribution in [0.5, 0.6) is 0 Å². The van der Waals surface area contributed by atoms with E-state index in [0.717, 1.165) is 64.0 Å². The summed E-state index contributed by atoms with van der Waals surface area (Å²) in [5.74, 6) is 0.606. The third-order valence-electron chi connectivity index (χ3n) is 6.16. The molecule has 1 amide bonds. The second-order valence-corrected chi connectivity index (χ2v) is 10.6. The van der Waals surface area contributed by atoms with Gasteiger partial charge in [0.25, 0.3) is 0 Å². The molecule has 2 aliphatic heterocycles.